The van der Waals surface area contributed by atoms with E-state index in [4.69, 9.17) is 4.74 Å². The zero-order valence-corrected chi connectivity index (χ0v) is 14.1. The van der Waals surface area contributed by atoms with Gasteiger partial charge in [0.25, 0.3) is 0 Å². The van der Waals surface area contributed by atoms with Crippen molar-refractivity contribution in [3.8, 4) is 11.5 Å². The van der Waals surface area contributed by atoms with Gasteiger partial charge in [-0.1, -0.05) is 38.5 Å². The summed E-state index contributed by atoms with van der Waals surface area (Å²) in [6.07, 6.45) is 2.25. The van der Waals surface area contributed by atoms with Crippen LogP contribution in [-0.2, 0) is 0 Å². The molecule has 0 aromatic heterocycles. The lowest BCUT2D eigenvalue weighted by molar-refractivity contribution is 0.203. The SMILES string of the molecule is CCCCN(c1ccccc1)C1Oc2cc(C)c(O)cc2C1C. The van der Waals surface area contributed by atoms with Crippen molar-refractivity contribution in [3.63, 3.8) is 0 Å². The van der Waals surface area contributed by atoms with Gasteiger partial charge >= 0.3 is 0 Å². The predicted octanol–water partition coefficient (Wildman–Crippen LogP) is 4.83. The normalized spacial score (nSPS) is 19.3. The molecule has 0 saturated carbocycles. The second kappa shape index (κ2) is 6.53. The van der Waals surface area contributed by atoms with Gasteiger partial charge in [-0.2, -0.15) is 0 Å². The molecule has 3 rings (SSSR count). The van der Waals surface area contributed by atoms with Crippen LogP contribution in [0.25, 0.3) is 0 Å². The standard InChI is InChI=1S/C20H25NO2/c1-4-5-11-21(16-9-7-6-8-10-16)20-15(3)17-13-18(22)14(2)12-19(17)23-20/h6-10,12-13,15,20,22H,4-5,11H2,1-3H3. The highest BCUT2D eigenvalue weighted by atomic mass is 16.5. The number of fused-ring (bicyclic) bond motifs is 1. The number of phenols is 1. The lowest BCUT2D eigenvalue weighted by atomic mass is 9.98. The van der Waals surface area contributed by atoms with Crippen molar-refractivity contribution >= 4 is 5.69 Å². The van der Waals surface area contributed by atoms with E-state index in [0.717, 1.165) is 36.3 Å². The van der Waals surface area contributed by atoms with Crippen molar-refractivity contribution in [2.24, 2.45) is 0 Å². The Labute approximate surface area is 138 Å². The molecule has 0 saturated heterocycles. The molecule has 23 heavy (non-hydrogen) atoms. The number of phenolic OH excluding ortho intramolecular Hbond substituents is 1. The zero-order chi connectivity index (χ0) is 16.4. The molecule has 0 aliphatic carbocycles. The zero-order valence-electron chi connectivity index (χ0n) is 14.1. The minimum absolute atomic E-state index is 0.0276. The van der Waals surface area contributed by atoms with Crippen LogP contribution in [0, 0.1) is 6.92 Å². The van der Waals surface area contributed by atoms with Gasteiger partial charge in [-0.15, -0.1) is 0 Å². The number of ether oxygens (including phenoxy) is 1. The number of rotatable bonds is 5. The Morgan fingerprint density at radius 1 is 1.17 bits per heavy atom. The number of hydrogen-bond donors (Lipinski definition) is 1. The van der Waals surface area contributed by atoms with Crippen molar-refractivity contribution in [1.82, 2.24) is 0 Å². The molecule has 0 radical (unpaired) electrons. The van der Waals surface area contributed by atoms with E-state index < -0.39 is 0 Å². The van der Waals surface area contributed by atoms with Crippen LogP contribution < -0.4 is 9.64 Å². The second-order valence-electron chi connectivity index (χ2n) is 6.36. The van der Waals surface area contributed by atoms with Crippen LogP contribution in [0.2, 0.25) is 0 Å². The lowest BCUT2D eigenvalue weighted by Crippen LogP contribution is -2.41. The fourth-order valence-corrected chi connectivity index (χ4v) is 3.21. The smallest absolute Gasteiger partial charge is 0.179 e. The third kappa shape index (κ3) is 3.00. The Morgan fingerprint density at radius 2 is 1.91 bits per heavy atom. The largest absolute Gasteiger partial charge is 0.508 e. The summed E-state index contributed by atoms with van der Waals surface area (Å²) in [5.41, 5.74) is 3.14. The van der Waals surface area contributed by atoms with Crippen molar-refractivity contribution in [3.05, 3.63) is 53.6 Å². The van der Waals surface area contributed by atoms with E-state index in [2.05, 4.69) is 43.0 Å². The number of unbranched alkanes of at least 4 members (excludes halogenated alkanes) is 1. The quantitative estimate of drug-likeness (QED) is 0.858. The Balaban J connectivity index is 1.92. The van der Waals surface area contributed by atoms with Crippen LogP contribution in [0.3, 0.4) is 0 Å². The Morgan fingerprint density at radius 3 is 2.61 bits per heavy atom. The molecule has 0 spiro atoms. The maximum atomic E-state index is 10.0. The van der Waals surface area contributed by atoms with Crippen LogP contribution >= 0.6 is 0 Å². The highest BCUT2D eigenvalue weighted by molar-refractivity contribution is 5.53. The van der Waals surface area contributed by atoms with E-state index in [-0.39, 0.29) is 12.1 Å². The van der Waals surface area contributed by atoms with E-state index in [1.165, 1.54) is 5.69 Å². The predicted molar refractivity (Wildman–Crippen MR) is 94.4 cm³/mol. The summed E-state index contributed by atoms with van der Waals surface area (Å²) >= 11 is 0. The molecule has 2 atom stereocenters. The van der Waals surface area contributed by atoms with Gasteiger partial charge in [0.1, 0.15) is 11.5 Å². The third-order valence-electron chi connectivity index (χ3n) is 4.64. The summed E-state index contributed by atoms with van der Waals surface area (Å²) in [5.74, 6) is 1.46. The van der Waals surface area contributed by atoms with E-state index in [1.807, 2.05) is 25.1 Å². The van der Waals surface area contributed by atoms with Crippen molar-refractivity contribution < 1.29 is 9.84 Å². The highest BCUT2D eigenvalue weighted by Gasteiger charge is 2.36. The maximum absolute atomic E-state index is 10.0. The van der Waals surface area contributed by atoms with E-state index in [9.17, 15) is 5.11 Å². The first kappa shape index (κ1) is 15.7. The van der Waals surface area contributed by atoms with Gasteiger partial charge in [-0.3, -0.25) is 0 Å². The van der Waals surface area contributed by atoms with Gasteiger partial charge in [-0.25, -0.2) is 0 Å². The molecule has 0 fully saturated rings. The van der Waals surface area contributed by atoms with Gasteiger partial charge in [-0.05, 0) is 43.2 Å². The highest BCUT2D eigenvalue weighted by Crippen LogP contribution is 2.43. The summed E-state index contributed by atoms with van der Waals surface area (Å²) in [5, 5.41) is 10.0. The average Bonchev–Trinajstić information content (AvgIpc) is 2.86. The number of anilines is 1. The van der Waals surface area contributed by atoms with Crippen molar-refractivity contribution in [2.75, 3.05) is 11.4 Å². The Bertz CT molecular complexity index is 669. The maximum Gasteiger partial charge on any atom is 0.179 e. The monoisotopic (exact) mass is 311 g/mol. The van der Waals surface area contributed by atoms with Gasteiger partial charge in [0.15, 0.2) is 6.23 Å². The molecule has 3 heteroatoms. The van der Waals surface area contributed by atoms with Crippen LogP contribution in [0.15, 0.2) is 42.5 Å². The number of nitrogens with zero attached hydrogens (tertiary/aromatic N) is 1. The molecule has 2 aromatic rings. The molecule has 2 aromatic carbocycles. The lowest BCUT2D eigenvalue weighted by Gasteiger charge is -2.33. The molecule has 3 nitrogen and oxygen atoms in total. The summed E-state index contributed by atoms with van der Waals surface area (Å²) < 4.78 is 6.28. The molecular formula is C20H25NO2. The molecule has 1 aliphatic heterocycles. The van der Waals surface area contributed by atoms with Crippen LogP contribution in [0.1, 0.15) is 43.7 Å². The number of para-hydroxylation sites is 1. The summed E-state index contributed by atoms with van der Waals surface area (Å²) in [4.78, 5) is 2.35. The first-order chi connectivity index (χ1) is 11.1. The average molecular weight is 311 g/mol. The molecule has 0 bridgehead atoms. The first-order valence-electron chi connectivity index (χ1n) is 8.43. The molecular weight excluding hydrogens is 286 g/mol. The number of aryl methyl sites for hydroxylation is 1. The molecule has 0 amide bonds. The third-order valence-corrected chi connectivity index (χ3v) is 4.64. The van der Waals surface area contributed by atoms with Gasteiger partial charge in [0.05, 0.1) is 0 Å². The fraction of sp³-hybridized carbons (Fsp3) is 0.400. The number of hydrogen-bond acceptors (Lipinski definition) is 3. The Hall–Kier alpha value is -2.16. The molecule has 2 unspecified atom stereocenters. The summed E-state index contributed by atoms with van der Waals surface area (Å²) in [6.45, 7) is 7.25. The van der Waals surface area contributed by atoms with Crippen LogP contribution in [0.5, 0.6) is 11.5 Å². The summed E-state index contributed by atoms with van der Waals surface area (Å²) in [6, 6.07) is 14.3. The molecule has 122 valence electrons. The van der Waals surface area contributed by atoms with Crippen molar-refractivity contribution in [2.45, 2.75) is 45.8 Å². The fourth-order valence-electron chi connectivity index (χ4n) is 3.21. The topological polar surface area (TPSA) is 32.7 Å². The van der Waals surface area contributed by atoms with Crippen molar-refractivity contribution in [1.29, 1.82) is 0 Å². The van der Waals surface area contributed by atoms with Gasteiger partial charge in [0, 0.05) is 23.7 Å². The summed E-state index contributed by atoms with van der Waals surface area (Å²) in [7, 11) is 0. The van der Waals surface area contributed by atoms with E-state index in [0.29, 0.717) is 5.75 Å². The Kier molecular flexibility index (Phi) is 4.46. The minimum Gasteiger partial charge on any atom is -0.508 e. The van der Waals surface area contributed by atoms with Gasteiger partial charge < -0.3 is 14.7 Å². The van der Waals surface area contributed by atoms with E-state index in [1.54, 1.807) is 0 Å². The minimum atomic E-state index is -0.0276. The van der Waals surface area contributed by atoms with Crippen LogP contribution in [-0.4, -0.2) is 17.9 Å². The van der Waals surface area contributed by atoms with E-state index >= 15 is 0 Å². The molecule has 1 heterocycles. The van der Waals surface area contributed by atoms with Gasteiger partial charge in [0.2, 0.25) is 0 Å². The molecule has 1 N–H and O–H groups in total. The number of aromatic hydroxyl groups is 1. The molecule has 1 aliphatic rings. The second-order valence-corrected chi connectivity index (χ2v) is 6.36. The van der Waals surface area contributed by atoms with Crippen LogP contribution in [0.4, 0.5) is 5.69 Å². The number of benzene rings is 2. The first-order valence-corrected chi connectivity index (χ1v) is 8.43.